The van der Waals surface area contributed by atoms with Crippen LogP contribution >= 0.6 is 0 Å². The van der Waals surface area contributed by atoms with E-state index in [0.717, 1.165) is 11.9 Å². The minimum atomic E-state index is -0.0345. The predicted molar refractivity (Wildman–Crippen MR) is 81.4 cm³/mol. The van der Waals surface area contributed by atoms with Gasteiger partial charge in [-0.3, -0.25) is 4.79 Å². The van der Waals surface area contributed by atoms with Gasteiger partial charge in [0.05, 0.1) is 17.3 Å². The molecular weight excluding hydrogens is 260 g/mol. The summed E-state index contributed by atoms with van der Waals surface area (Å²) in [4.78, 5) is 12.6. The van der Waals surface area contributed by atoms with Crippen LogP contribution < -0.4 is 0 Å². The average Bonchev–Trinajstić information content (AvgIpc) is 2.97. The minimum absolute atomic E-state index is 0.0345. The van der Waals surface area contributed by atoms with Crippen molar-refractivity contribution in [2.75, 3.05) is 0 Å². The first-order valence-corrected chi connectivity index (χ1v) is 6.88. The molecule has 2 heterocycles. The first-order chi connectivity index (χ1) is 10.2. The zero-order valence-corrected chi connectivity index (χ0v) is 11.7. The van der Waals surface area contributed by atoms with Crippen LogP contribution in [0.25, 0.3) is 5.52 Å². The second-order valence-electron chi connectivity index (χ2n) is 4.92. The van der Waals surface area contributed by atoms with Crippen molar-refractivity contribution in [1.29, 1.82) is 5.26 Å². The largest absolute Gasteiger partial charge is 0.313 e. The molecule has 102 valence electrons. The van der Waals surface area contributed by atoms with Gasteiger partial charge in [0.2, 0.25) is 5.78 Å². The molecule has 0 aliphatic carbocycles. The molecule has 0 aliphatic heterocycles. The molecule has 21 heavy (non-hydrogen) atoms. The van der Waals surface area contributed by atoms with Crippen molar-refractivity contribution in [2.45, 2.75) is 13.3 Å². The second-order valence-corrected chi connectivity index (χ2v) is 4.92. The van der Waals surface area contributed by atoms with Crippen LogP contribution in [0.4, 0.5) is 0 Å². The quantitative estimate of drug-likeness (QED) is 0.685. The molecule has 3 nitrogen and oxygen atoms in total. The van der Waals surface area contributed by atoms with Crippen LogP contribution in [0.1, 0.15) is 34.1 Å². The van der Waals surface area contributed by atoms with E-state index in [2.05, 4.69) is 19.1 Å². The Morgan fingerprint density at radius 1 is 1.10 bits per heavy atom. The van der Waals surface area contributed by atoms with E-state index in [1.165, 1.54) is 5.56 Å². The summed E-state index contributed by atoms with van der Waals surface area (Å²) in [6, 6.07) is 16.7. The maximum Gasteiger partial charge on any atom is 0.209 e. The van der Waals surface area contributed by atoms with E-state index in [-0.39, 0.29) is 5.78 Å². The van der Waals surface area contributed by atoms with Gasteiger partial charge in [-0.1, -0.05) is 13.0 Å². The number of nitriles is 1. The summed E-state index contributed by atoms with van der Waals surface area (Å²) < 4.78 is 1.93. The zero-order chi connectivity index (χ0) is 14.8. The fourth-order valence-electron chi connectivity index (χ4n) is 2.38. The SMILES string of the molecule is CCc1ccc2ccc(C(=O)c3ccc(C#N)cc3)n2c1. The zero-order valence-electron chi connectivity index (χ0n) is 11.7. The van der Waals surface area contributed by atoms with Gasteiger partial charge in [0.15, 0.2) is 0 Å². The van der Waals surface area contributed by atoms with E-state index in [1.54, 1.807) is 24.3 Å². The molecule has 2 aromatic heterocycles. The van der Waals surface area contributed by atoms with Crippen LogP contribution in [0.15, 0.2) is 54.7 Å². The normalized spacial score (nSPS) is 10.5. The van der Waals surface area contributed by atoms with Gasteiger partial charge in [-0.05, 0) is 54.4 Å². The highest BCUT2D eigenvalue weighted by Gasteiger charge is 2.13. The highest BCUT2D eigenvalue weighted by atomic mass is 16.1. The third kappa shape index (κ3) is 2.32. The highest BCUT2D eigenvalue weighted by molar-refractivity contribution is 6.08. The first-order valence-electron chi connectivity index (χ1n) is 6.88. The Morgan fingerprint density at radius 2 is 1.81 bits per heavy atom. The molecule has 3 aromatic rings. The number of aryl methyl sites for hydroxylation is 1. The van der Waals surface area contributed by atoms with Gasteiger partial charge in [0.1, 0.15) is 0 Å². The number of rotatable bonds is 3. The van der Waals surface area contributed by atoms with Crippen LogP contribution in [-0.4, -0.2) is 10.2 Å². The molecule has 0 amide bonds. The molecule has 0 N–H and O–H groups in total. The van der Waals surface area contributed by atoms with Crippen molar-refractivity contribution in [3.8, 4) is 6.07 Å². The number of hydrogen-bond donors (Lipinski definition) is 0. The summed E-state index contributed by atoms with van der Waals surface area (Å²) in [5, 5.41) is 8.81. The molecule has 0 saturated carbocycles. The Morgan fingerprint density at radius 3 is 2.48 bits per heavy atom. The standard InChI is InChI=1S/C18H14N2O/c1-2-13-5-8-16-9-10-17(20(16)12-13)18(21)15-6-3-14(11-19)4-7-15/h3-10,12H,2H2,1H3. The summed E-state index contributed by atoms with van der Waals surface area (Å²) in [6.07, 6.45) is 2.94. The summed E-state index contributed by atoms with van der Waals surface area (Å²) in [6.45, 7) is 2.09. The van der Waals surface area contributed by atoms with Gasteiger partial charge >= 0.3 is 0 Å². The number of carbonyl (C=O) groups excluding carboxylic acids is 1. The molecule has 3 rings (SSSR count). The molecule has 0 fully saturated rings. The summed E-state index contributed by atoms with van der Waals surface area (Å²) in [7, 11) is 0. The Labute approximate surface area is 123 Å². The second kappa shape index (κ2) is 5.26. The van der Waals surface area contributed by atoms with Gasteiger partial charge in [0, 0.05) is 17.3 Å². The van der Waals surface area contributed by atoms with Crippen molar-refractivity contribution in [2.24, 2.45) is 0 Å². The molecule has 0 bridgehead atoms. The van der Waals surface area contributed by atoms with E-state index in [9.17, 15) is 4.79 Å². The molecule has 3 heteroatoms. The van der Waals surface area contributed by atoms with Crippen molar-refractivity contribution in [1.82, 2.24) is 4.40 Å². The summed E-state index contributed by atoms with van der Waals surface area (Å²) in [5.74, 6) is -0.0345. The van der Waals surface area contributed by atoms with Crippen LogP contribution in [0, 0.1) is 11.3 Å². The van der Waals surface area contributed by atoms with E-state index in [4.69, 9.17) is 5.26 Å². The van der Waals surface area contributed by atoms with E-state index >= 15 is 0 Å². The molecule has 0 spiro atoms. The third-order valence-corrected chi connectivity index (χ3v) is 3.63. The fourth-order valence-corrected chi connectivity index (χ4v) is 2.38. The number of hydrogen-bond acceptors (Lipinski definition) is 2. The van der Waals surface area contributed by atoms with Gasteiger partial charge in [-0.25, -0.2) is 0 Å². The Hall–Kier alpha value is -2.86. The van der Waals surface area contributed by atoms with Gasteiger partial charge in [0.25, 0.3) is 0 Å². The highest BCUT2D eigenvalue weighted by Crippen LogP contribution is 2.17. The summed E-state index contributed by atoms with van der Waals surface area (Å²) >= 11 is 0. The molecule has 0 aliphatic rings. The molecular formula is C18H14N2O. The number of pyridine rings is 1. The Kier molecular flexibility index (Phi) is 3.29. The van der Waals surface area contributed by atoms with Crippen molar-refractivity contribution in [3.63, 3.8) is 0 Å². The lowest BCUT2D eigenvalue weighted by Crippen LogP contribution is -2.05. The number of nitrogens with zero attached hydrogens (tertiary/aromatic N) is 2. The summed E-state index contributed by atoms with van der Waals surface area (Å²) in [5.41, 5.74) is 3.98. The molecule has 1 aromatic carbocycles. The number of benzene rings is 1. The van der Waals surface area contributed by atoms with Gasteiger partial charge in [-0.15, -0.1) is 0 Å². The van der Waals surface area contributed by atoms with Gasteiger partial charge < -0.3 is 4.40 Å². The topological polar surface area (TPSA) is 45.3 Å². The lowest BCUT2D eigenvalue weighted by molar-refractivity contribution is 0.103. The number of carbonyl (C=O) groups is 1. The van der Waals surface area contributed by atoms with Crippen molar-refractivity contribution in [3.05, 3.63) is 77.1 Å². The molecule has 0 atom stereocenters. The molecule has 0 unspecified atom stereocenters. The maximum absolute atomic E-state index is 12.6. The molecule has 0 saturated heterocycles. The molecule has 0 radical (unpaired) electrons. The first kappa shape index (κ1) is 13.1. The van der Waals surface area contributed by atoms with Crippen LogP contribution in [-0.2, 0) is 6.42 Å². The van der Waals surface area contributed by atoms with E-state index in [1.807, 2.05) is 28.8 Å². The number of fused-ring (bicyclic) bond motifs is 1. The van der Waals surface area contributed by atoms with E-state index < -0.39 is 0 Å². The lowest BCUT2D eigenvalue weighted by atomic mass is 10.1. The number of aromatic nitrogens is 1. The lowest BCUT2D eigenvalue weighted by Gasteiger charge is -2.05. The van der Waals surface area contributed by atoms with E-state index in [0.29, 0.717) is 16.8 Å². The van der Waals surface area contributed by atoms with Gasteiger partial charge in [-0.2, -0.15) is 5.26 Å². The van der Waals surface area contributed by atoms with Crippen LogP contribution in [0.5, 0.6) is 0 Å². The fraction of sp³-hybridized carbons (Fsp3) is 0.111. The Bertz CT molecular complexity index is 851. The monoisotopic (exact) mass is 274 g/mol. The smallest absolute Gasteiger partial charge is 0.209 e. The Balaban J connectivity index is 2.06. The third-order valence-electron chi connectivity index (χ3n) is 3.63. The van der Waals surface area contributed by atoms with Crippen LogP contribution in [0.3, 0.4) is 0 Å². The predicted octanol–water partition coefficient (Wildman–Crippen LogP) is 3.60. The maximum atomic E-state index is 12.6. The average molecular weight is 274 g/mol. The minimum Gasteiger partial charge on any atom is -0.313 e. The van der Waals surface area contributed by atoms with Crippen LogP contribution in [0.2, 0.25) is 0 Å². The van der Waals surface area contributed by atoms with Crippen molar-refractivity contribution >= 4 is 11.3 Å². The van der Waals surface area contributed by atoms with Crippen molar-refractivity contribution < 1.29 is 4.79 Å². The number of ketones is 1.